The number of anilines is 2. The maximum absolute atomic E-state index is 13.2. The number of para-hydroxylation sites is 1. The summed E-state index contributed by atoms with van der Waals surface area (Å²) in [5.41, 5.74) is 7.22. The van der Waals surface area contributed by atoms with E-state index in [2.05, 4.69) is 4.98 Å². The zero-order valence-corrected chi connectivity index (χ0v) is 15.5. The highest BCUT2D eigenvalue weighted by molar-refractivity contribution is 7.17. The first-order chi connectivity index (χ1) is 14.3. The number of aromatic nitrogens is 1. The molecule has 0 bridgehead atoms. The molecule has 3 heterocycles. The molecule has 2 N–H and O–H groups in total. The van der Waals surface area contributed by atoms with Crippen LogP contribution < -0.4 is 15.5 Å². The van der Waals surface area contributed by atoms with Crippen molar-refractivity contribution in [3.8, 4) is 0 Å². The van der Waals surface area contributed by atoms with Gasteiger partial charge < -0.3 is 20.3 Å². The third-order valence-corrected chi connectivity index (χ3v) is 5.93. The summed E-state index contributed by atoms with van der Waals surface area (Å²) in [7, 11) is 0. The van der Waals surface area contributed by atoms with Crippen molar-refractivity contribution in [2.45, 2.75) is 25.7 Å². The van der Waals surface area contributed by atoms with E-state index in [1.165, 1.54) is 4.90 Å². The van der Waals surface area contributed by atoms with Crippen LogP contribution in [0.15, 0.2) is 24.3 Å². The Morgan fingerprint density at radius 1 is 1.37 bits per heavy atom. The van der Waals surface area contributed by atoms with E-state index in [4.69, 9.17) is 14.6 Å². The Bertz CT molecular complexity index is 972. The molecule has 1 atom stereocenters. The lowest BCUT2D eigenvalue weighted by Crippen LogP contribution is -2.37. The minimum Gasteiger partial charge on any atom is -0.378 e. The van der Waals surface area contributed by atoms with Gasteiger partial charge in [-0.05, 0) is 24.9 Å². The zero-order valence-electron chi connectivity index (χ0n) is 17.7. The molecule has 0 saturated carbocycles. The number of rotatable bonds is 4. The van der Waals surface area contributed by atoms with Crippen molar-refractivity contribution < 1.29 is 18.4 Å². The second-order valence-corrected chi connectivity index (χ2v) is 7.50. The maximum Gasteiger partial charge on any atom is 0.260 e. The third kappa shape index (κ3) is 3.42. The molecule has 2 aromatic rings. The normalized spacial score (nSPS) is 21.3. The van der Waals surface area contributed by atoms with Crippen LogP contribution >= 0.6 is 11.3 Å². The van der Waals surface area contributed by atoms with Gasteiger partial charge >= 0.3 is 0 Å². The lowest BCUT2D eigenvalue weighted by molar-refractivity contribution is -0.118. The molecule has 7 nitrogen and oxygen atoms in total. The van der Waals surface area contributed by atoms with Gasteiger partial charge in [-0.3, -0.25) is 9.59 Å². The van der Waals surface area contributed by atoms with Crippen LogP contribution in [0.2, 0.25) is 0 Å². The number of carbonyl (C=O) groups excluding carboxylic acids is 2. The largest absolute Gasteiger partial charge is 0.378 e. The fourth-order valence-electron chi connectivity index (χ4n) is 3.46. The predicted octanol–water partition coefficient (Wildman–Crippen LogP) is 1.60. The fraction of sp³-hybridized carbons (Fsp3) is 0.421. The van der Waals surface area contributed by atoms with Gasteiger partial charge in [-0.2, -0.15) is 0 Å². The highest BCUT2D eigenvalue weighted by atomic mass is 32.1. The molecule has 1 fully saturated rings. The molecule has 1 aromatic carbocycles. The molecule has 27 heavy (non-hydrogen) atoms. The summed E-state index contributed by atoms with van der Waals surface area (Å²) in [5, 5.41) is 0.615. The number of amides is 2. The molecule has 4 rings (SSSR count). The summed E-state index contributed by atoms with van der Waals surface area (Å²) >= 11 is 1.15. The number of fused-ring (bicyclic) bond motifs is 1. The van der Waals surface area contributed by atoms with Gasteiger partial charge in [-0.25, -0.2) is 4.98 Å². The number of hydrogen-bond acceptors (Lipinski definition) is 6. The van der Waals surface area contributed by atoms with E-state index in [1.807, 2.05) is 17.0 Å². The Hall–Kier alpha value is -2.45. The molecular weight excluding hydrogens is 364 g/mol. The number of primary amides is 1. The highest BCUT2D eigenvalue weighted by Crippen LogP contribution is 2.33. The Labute approximate surface area is 165 Å². The maximum atomic E-state index is 13.2. The minimum atomic E-state index is -2.33. The van der Waals surface area contributed by atoms with Gasteiger partial charge in [-0.15, -0.1) is 0 Å². The van der Waals surface area contributed by atoms with Crippen LogP contribution in [0.1, 0.15) is 31.9 Å². The monoisotopic (exact) mass is 389 g/mol. The number of carbonyl (C=O) groups is 2. The van der Waals surface area contributed by atoms with Crippen LogP contribution in [-0.2, 0) is 22.4 Å². The summed E-state index contributed by atoms with van der Waals surface area (Å²) in [6.45, 7) is 0.0663. The molecule has 1 unspecified atom stereocenters. The number of hydrogen-bond donors (Lipinski definition) is 1. The van der Waals surface area contributed by atoms with Crippen molar-refractivity contribution in [2.24, 2.45) is 5.73 Å². The molecule has 2 aliphatic rings. The number of benzene rings is 1. The first-order valence-electron chi connectivity index (χ1n) is 10.3. The van der Waals surface area contributed by atoms with Gasteiger partial charge in [0.05, 0.1) is 25.3 Å². The molecule has 1 saturated heterocycles. The number of thiazole rings is 1. The van der Waals surface area contributed by atoms with Crippen LogP contribution in [0.3, 0.4) is 0 Å². The minimum absolute atomic E-state index is 0.194. The zero-order chi connectivity index (χ0) is 21.5. The standard InChI is InChI=1S/C19H22N4O3S/c1-12-10-13-4-2-3-5-15(13)23(12)16(24)11-14-17(18(20)25)27-19(21-14)22-6-8-26-9-7-22/h2-5,12H,6-11H2,1H3,(H2,20,25)/i1D3. The fourth-order valence-corrected chi connectivity index (χ4v) is 4.45. The molecule has 0 spiro atoms. The number of ether oxygens (including phenoxy) is 1. The summed E-state index contributed by atoms with van der Waals surface area (Å²) < 4.78 is 29.0. The average molecular weight is 389 g/mol. The van der Waals surface area contributed by atoms with E-state index in [-0.39, 0.29) is 23.4 Å². The van der Waals surface area contributed by atoms with Crippen LogP contribution in [0.25, 0.3) is 0 Å². The summed E-state index contributed by atoms with van der Waals surface area (Å²) in [6, 6.07) is 6.22. The van der Waals surface area contributed by atoms with E-state index in [9.17, 15) is 9.59 Å². The van der Waals surface area contributed by atoms with Crippen molar-refractivity contribution in [3.63, 3.8) is 0 Å². The highest BCUT2D eigenvalue weighted by Gasteiger charge is 2.32. The Morgan fingerprint density at radius 2 is 2.15 bits per heavy atom. The molecular formula is C19H22N4O3S. The average Bonchev–Trinajstić information content (AvgIpc) is 3.30. The Kier molecular flexibility index (Phi) is 3.94. The smallest absolute Gasteiger partial charge is 0.260 e. The van der Waals surface area contributed by atoms with E-state index >= 15 is 0 Å². The van der Waals surface area contributed by atoms with Crippen LogP contribution in [0.4, 0.5) is 10.8 Å². The predicted molar refractivity (Wildman–Crippen MR) is 104 cm³/mol. The summed E-state index contributed by atoms with van der Waals surface area (Å²) in [4.78, 5) is 33.3. The molecule has 142 valence electrons. The molecule has 2 amide bonds. The summed E-state index contributed by atoms with van der Waals surface area (Å²) in [6.07, 6.45) is 0.0667. The van der Waals surface area contributed by atoms with Crippen molar-refractivity contribution in [2.75, 3.05) is 36.1 Å². The van der Waals surface area contributed by atoms with E-state index in [1.54, 1.807) is 12.1 Å². The number of nitrogens with two attached hydrogens (primary N) is 1. The Balaban J connectivity index is 1.64. The van der Waals surface area contributed by atoms with E-state index in [0.29, 0.717) is 37.1 Å². The molecule has 1 aromatic heterocycles. The second-order valence-electron chi connectivity index (χ2n) is 6.53. The molecule has 0 radical (unpaired) electrons. The number of morpholine rings is 1. The molecule has 2 aliphatic heterocycles. The van der Waals surface area contributed by atoms with Crippen molar-refractivity contribution in [1.29, 1.82) is 0 Å². The van der Waals surface area contributed by atoms with Gasteiger partial charge in [0.2, 0.25) is 5.91 Å². The van der Waals surface area contributed by atoms with E-state index < -0.39 is 24.7 Å². The van der Waals surface area contributed by atoms with Gasteiger partial charge in [-0.1, -0.05) is 29.5 Å². The van der Waals surface area contributed by atoms with Gasteiger partial charge in [0.25, 0.3) is 5.91 Å². The van der Waals surface area contributed by atoms with Crippen LogP contribution in [0, 0.1) is 0 Å². The lowest BCUT2D eigenvalue weighted by Gasteiger charge is -2.26. The van der Waals surface area contributed by atoms with Crippen LogP contribution in [0.5, 0.6) is 0 Å². The van der Waals surface area contributed by atoms with Gasteiger partial charge in [0.15, 0.2) is 5.13 Å². The number of nitrogens with zero attached hydrogens (tertiary/aromatic N) is 3. The SMILES string of the molecule is [2H]C([2H])([2H])C1Cc2ccccc2N1C(=O)Cc1nc(N2CCOCC2)sc1C(N)=O. The second kappa shape index (κ2) is 7.28. The quantitative estimate of drug-likeness (QED) is 0.858. The van der Waals surface area contributed by atoms with Gasteiger partial charge in [0.1, 0.15) is 4.88 Å². The van der Waals surface area contributed by atoms with Crippen LogP contribution in [-0.4, -0.2) is 49.1 Å². The lowest BCUT2D eigenvalue weighted by atomic mass is 10.1. The van der Waals surface area contributed by atoms with Crippen molar-refractivity contribution in [3.05, 3.63) is 40.4 Å². The van der Waals surface area contributed by atoms with Gasteiger partial charge in [0, 0.05) is 28.9 Å². The molecule has 0 aliphatic carbocycles. The first-order valence-corrected chi connectivity index (χ1v) is 9.59. The topological polar surface area (TPSA) is 88.8 Å². The Morgan fingerprint density at radius 3 is 2.89 bits per heavy atom. The van der Waals surface area contributed by atoms with E-state index in [0.717, 1.165) is 16.9 Å². The molecule has 8 heteroatoms. The third-order valence-electron chi connectivity index (χ3n) is 4.75. The van der Waals surface area contributed by atoms with Crippen molar-refractivity contribution >= 4 is 34.0 Å². The first kappa shape index (κ1) is 14.6. The van der Waals surface area contributed by atoms with Crippen molar-refractivity contribution in [1.82, 2.24) is 4.98 Å². The summed E-state index contributed by atoms with van der Waals surface area (Å²) in [5.74, 6) is -1.06.